The Labute approximate surface area is 71.2 Å². The van der Waals surface area contributed by atoms with Gasteiger partial charge < -0.3 is 0 Å². The molecule has 0 bridgehead atoms. The van der Waals surface area contributed by atoms with Gasteiger partial charge in [-0.15, -0.1) is 0 Å². The quantitative estimate of drug-likeness (QED) is 0.507. The van der Waals surface area contributed by atoms with Crippen molar-refractivity contribution in [3.63, 3.8) is 0 Å². The van der Waals surface area contributed by atoms with Crippen LogP contribution in [0.4, 0.5) is 5.69 Å². The van der Waals surface area contributed by atoms with E-state index in [1.54, 1.807) is 12.1 Å². The first-order valence-electron chi connectivity index (χ1n) is 3.61. The summed E-state index contributed by atoms with van der Waals surface area (Å²) < 4.78 is 0. The zero-order valence-electron chi connectivity index (χ0n) is 6.56. The van der Waals surface area contributed by atoms with Crippen LogP contribution in [0, 0.1) is 23.5 Å². The molecular weight excluding hydrogens is 154 g/mol. The number of rotatable bonds is 3. The molecular formula is C9H9NO2. The van der Waals surface area contributed by atoms with Gasteiger partial charge in [0, 0.05) is 12.1 Å². The molecule has 0 unspecified atom stereocenters. The van der Waals surface area contributed by atoms with Crippen LogP contribution in [0.15, 0.2) is 24.3 Å². The van der Waals surface area contributed by atoms with Crippen LogP contribution in [0.1, 0.15) is 12.0 Å². The third kappa shape index (κ3) is 2.05. The average Bonchev–Trinajstić information content (AvgIpc) is 2.06. The molecule has 1 rings (SSSR count). The predicted octanol–water partition coefficient (Wildman–Crippen LogP) is 2.37. The molecule has 0 atom stereocenters. The lowest BCUT2D eigenvalue weighted by molar-refractivity contribution is -0.384. The molecule has 0 fully saturated rings. The standard InChI is InChI=1S/C9H9NO2/c1-2-3-8-4-6-9(7-5-8)10(11)12/h3-7H,1-2H2. The highest BCUT2D eigenvalue weighted by Crippen LogP contribution is 2.13. The first kappa shape index (κ1) is 8.71. The van der Waals surface area contributed by atoms with E-state index in [1.165, 1.54) is 12.1 Å². The molecule has 0 N–H and O–H groups in total. The molecule has 0 aliphatic heterocycles. The van der Waals surface area contributed by atoms with Crippen LogP contribution in [0.3, 0.4) is 0 Å². The van der Waals surface area contributed by atoms with Crippen molar-refractivity contribution in [1.82, 2.24) is 0 Å². The van der Waals surface area contributed by atoms with Crippen molar-refractivity contribution < 1.29 is 4.92 Å². The van der Waals surface area contributed by atoms with Gasteiger partial charge in [0.05, 0.1) is 4.92 Å². The van der Waals surface area contributed by atoms with Gasteiger partial charge in [-0.1, -0.05) is 19.1 Å². The maximum Gasteiger partial charge on any atom is 0.269 e. The van der Waals surface area contributed by atoms with Gasteiger partial charge in [-0.05, 0) is 18.4 Å². The smallest absolute Gasteiger partial charge is 0.258 e. The molecule has 12 heavy (non-hydrogen) atoms. The molecule has 0 saturated heterocycles. The third-order valence-corrected chi connectivity index (χ3v) is 1.48. The van der Waals surface area contributed by atoms with Crippen LogP contribution in [0.5, 0.6) is 0 Å². The minimum Gasteiger partial charge on any atom is -0.258 e. The van der Waals surface area contributed by atoms with Crippen LogP contribution in [-0.4, -0.2) is 4.92 Å². The van der Waals surface area contributed by atoms with E-state index in [2.05, 4.69) is 6.92 Å². The van der Waals surface area contributed by atoms with E-state index in [1.807, 2.05) is 6.42 Å². The zero-order valence-corrected chi connectivity index (χ0v) is 6.56. The van der Waals surface area contributed by atoms with Crippen molar-refractivity contribution in [2.45, 2.75) is 6.42 Å². The van der Waals surface area contributed by atoms with Crippen LogP contribution >= 0.6 is 0 Å². The topological polar surface area (TPSA) is 43.1 Å². The maximum absolute atomic E-state index is 10.3. The summed E-state index contributed by atoms with van der Waals surface area (Å²) in [5.41, 5.74) is 1.09. The summed E-state index contributed by atoms with van der Waals surface area (Å²) in [6, 6.07) is 6.40. The third-order valence-electron chi connectivity index (χ3n) is 1.48. The molecule has 62 valence electrons. The van der Waals surface area contributed by atoms with Crippen molar-refractivity contribution in [3.05, 3.63) is 53.3 Å². The van der Waals surface area contributed by atoms with Crippen LogP contribution in [-0.2, 0) is 0 Å². The monoisotopic (exact) mass is 163 g/mol. The van der Waals surface area contributed by atoms with E-state index in [9.17, 15) is 10.1 Å². The van der Waals surface area contributed by atoms with Crippen molar-refractivity contribution in [2.24, 2.45) is 0 Å². The number of hydrogen-bond donors (Lipinski definition) is 0. The fourth-order valence-electron chi connectivity index (χ4n) is 0.899. The Hall–Kier alpha value is -1.38. The second-order valence-electron chi connectivity index (χ2n) is 2.34. The number of nitrogens with zero attached hydrogens (tertiary/aromatic N) is 1. The average molecular weight is 163 g/mol. The summed E-state index contributed by atoms with van der Waals surface area (Å²) >= 11 is 0. The van der Waals surface area contributed by atoms with E-state index in [4.69, 9.17) is 0 Å². The molecule has 3 heteroatoms. The molecule has 0 heterocycles. The van der Waals surface area contributed by atoms with Gasteiger partial charge in [0.25, 0.3) is 5.69 Å². The summed E-state index contributed by atoms with van der Waals surface area (Å²) in [6.45, 7) is 3.65. The van der Waals surface area contributed by atoms with Crippen LogP contribution in [0.25, 0.3) is 0 Å². The fraction of sp³-hybridized carbons (Fsp3) is 0.111. The van der Waals surface area contributed by atoms with E-state index in [0.717, 1.165) is 5.56 Å². The highest BCUT2D eigenvalue weighted by molar-refractivity contribution is 5.35. The van der Waals surface area contributed by atoms with Gasteiger partial charge in [0.2, 0.25) is 0 Å². The van der Waals surface area contributed by atoms with Crippen molar-refractivity contribution in [1.29, 1.82) is 0 Å². The largest absolute Gasteiger partial charge is 0.269 e. The summed E-state index contributed by atoms with van der Waals surface area (Å²) in [4.78, 5) is 9.84. The number of nitro benzene ring substituents is 1. The molecule has 3 nitrogen and oxygen atoms in total. The second-order valence-corrected chi connectivity index (χ2v) is 2.34. The normalized spacial score (nSPS) is 9.75. The van der Waals surface area contributed by atoms with Gasteiger partial charge in [0.15, 0.2) is 0 Å². The summed E-state index contributed by atoms with van der Waals surface area (Å²) in [5, 5.41) is 10.3. The SMILES string of the molecule is [CH2]C[CH]c1ccc([N+](=O)[O-])cc1. The number of non-ortho nitro benzene ring substituents is 1. The number of hydrogen-bond acceptors (Lipinski definition) is 2. The first-order chi connectivity index (χ1) is 5.74. The lowest BCUT2D eigenvalue weighted by Gasteiger charge is -1.95. The van der Waals surface area contributed by atoms with Crippen molar-refractivity contribution in [3.8, 4) is 0 Å². The molecule has 0 aromatic heterocycles. The Morgan fingerprint density at radius 3 is 2.42 bits per heavy atom. The minimum atomic E-state index is -0.409. The number of benzene rings is 1. The minimum absolute atomic E-state index is 0.121. The summed E-state index contributed by atoms with van der Waals surface area (Å²) in [5.74, 6) is 0. The Morgan fingerprint density at radius 1 is 1.42 bits per heavy atom. The van der Waals surface area contributed by atoms with Crippen LogP contribution in [0.2, 0.25) is 0 Å². The Kier molecular flexibility index (Phi) is 2.80. The molecule has 2 radical (unpaired) electrons. The van der Waals surface area contributed by atoms with E-state index in [0.29, 0.717) is 6.42 Å². The first-order valence-corrected chi connectivity index (χ1v) is 3.61. The fourth-order valence-corrected chi connectivity index (χ4v) is 0.899. The summed E-state index contributed by atoms with van der Waals surface area (Å²) in [7, 11) is 0. The highest BCUT2D eigenvalue weighted by atomic mass is 16.6. The van der Waals surface area contributed by atoms with Gasteiger partial charge >= 0.3 is 0 Å². The molecule has 0 saturated carbocycles. The van der Waals surface area contributed by atoms with Crippen molar-refractivity contribution >= 4 is 5.69 Å². The zero-order chi connectivity index (χ0) is 8.97. The second kappa shape index (κ2) is 3.85. The molecule has 0 aliphatic rings. The predicted molar refractivity (Wildman–Crippen MR) is 46.5 cm³/mol. The van der Waals surface area contributed by atoms with E-state index in [-0.39, 0.29) is 5.69 Å². The van der Waals surface area contributed by atoms with Gasteiger partial charge in [-0.2, -0.15) is 0 Å². The highest BCUT2D eigenvalue weighted by Gasteiger charge is 2.02. The molecule has 0 aliphatic carbocycles. The van der Waals surface area contributed by atoms with E-state index < -0.39 is 4.92 Å². The van der Waals surface area contributed by atoms with Gasteiger partial charge in [-0.25, -0.2) is 0 Å². The van der Waals surface area contributed by atoms with Gasteiger partial charge in [0.1, 0.15) is 0 Å². The van der Waals surface area contributed by atoms with E-state index >= 15 is 0 Å². The Balaban J connectivity index is 2.78. The van der Waals surface area contributed by atoms with Crippen molar-refractivity contribution in [2.75, 3.05) is 0 Å². The lowest BCUT2D eigenvalue weighted by Crippen LogP contribution is -1.87. The molecule has 0 amide bonds. The molecule has 1 aromatic rings. The van der Waals surface area contributed by atoms with Gasteiger partial charge in [-0.3, -0.25) is 10.1 Å². The number of nitro groups is 1. The summed E-state index contributed by atoms with van der Waals surface area (Å²) in [6.07, 6.45) is 2.60. The Morgan fingerprint density at radius 2 is 2.00 bits per heavy atom. The lowest BCUT2D eigenvalue weighted by atomic mass is 10.1. The Bertz CT molecular complexity index is 266. The molecule has 1 aromatic carbocycles. The molecule has 0 spiro atoms. The maximum atomic E-state index is 10.3. The van der Waals surface area contributed by atoms with Crippen LogP contribution < -0.4 is 0 Å².